The highest BCUT2D eigenvalue weighted by molar-refractivity contribution is 6.52. The topological polar surface area (TPSA) is 186 Å². The van der Waals surface area contributed by atoms with Crippen molar-refractivity contribution in [1.29, 1.82) is 0 Å². The third-order valence-electron chi connectivity index (χ3n) is 4.83. The van der Waals surface area contributed by atoms with Gasteiger partial charge in [0.1, 0.15) is 11.4 Å². The molecule has 0 aliphatic heterocycles. The van der Waals surface area contributed by atoms with Crippen LogP contribution in [0.25, 0.3) is 22.2 Å². The Morgan fingerprint density at radius 3 is 1.33 bits per heavy atom. The first kappa shape index (κ1) is 27.2. The molecule has 12 nitrogen and oxygen atoms in total. The maximum atomic E-state index is 11.0. The molecular formula is C22H16Cl2N4O8-4. The second-order valence-electron chi connectivity index (χ2n) is 7.15. The van der Waals surface area contributed by atoms with Crippen molar-refractivity contribution in [2.24, 2.45) is 0 Å². The van der Waals surface area contributed by atoms with E-state index >= 15 is 0 Å². The molecule has 0 fully saturated rings. The molecule has 3 aromatic rings. The van der Waals surface area contributed by atoms with Crippen molar-refractivity contribution >= 4 is 68.2 Å². The fourth-order valence-electron chi connectivity index (χ4n) is 3.19. The summed E-state index contributed by atoms with van der Waals surface area (Å²) in [6.07, 6.45) is 2.95. The Labute approximate surface area is 213 Å². The number of anilines is 4. The monoisotopic (exact) mass is 534 g/mol. The lowest BCUT2D eigenvalue weighted by atomic mass is 10.1. The third-order valence-corrected chi connectivity index (χ3v) is 5.45. The Kier molecular flexibility index (Phi) is 8.73. The van der Waals surface area contributed by atoms with Gasteiger partial charge in [-0.1, -0.05) is 41.4 Å². The second-order valence-corrected chi connectivity index (χ2v) is 7.97. The van der Waals surface area contributed by atoms with Gasteiger partial charge in [0.15, 0.2) is 0 Å². The van der Waals surface area contributed by atoms with Crippen LogP contribution in [0.5, 0.6) is 0 Å². The summed E-state index contributed by atoms with van der Waals surface area (Å²) in [4.78, 5) is 0. The molecule has 190 valence electrons. The van der Waals surface area contributed by atoms with Crippen molar-refractivity contribution in [2.45, 2.75) is 0 Å². The molecule has 0 spiro atoms. The van der Waals surface area contributed by atoms with Gasteiger partial charge in [0.2, 0.25) is 0 Å². The van der Waals surface area contributed by atoms with E-state index in [1.54, 1.807) is 24.3 Å². The van der Waals surface area contributed by atoms with E-state index < -0.39 is 10.5 Å². The zero-order valence-corrected chi connectivity index (χ0v) is 19.4. The summed E-state index contributed by atoms with van der Waals surface area (Å²) in [6.45, 7) is 0. The molecule has 0 saturated heterocycles. The summed E-state index contributed by atoms with van der Waals surface area (Å²) < 4.78 is 0. The minimum atomic E-state index is -0.697. The van der Waals surface area contributed by atoms with Gasteiger partial charge in [-0.2, -0.15) is 0 Å². The Bertz CT molecular complexity index is 1200. The van der Waals surface area contributed by atoms with Crippen molar-refractivity contribution in [3.05, 3.63) is 104 Å². The number of hydrogen-bond donors (Lipinski definition) is 4. The molecule has 0 aliphatic carbocycles. The average Bonchev–Trinajstić information content (AvgIpc) is 2.83. The molecule has 0 amide bonds. The van der Waals surface area contributed by atoms with Crippen molar-refractivity contribution in [1.82, 2.24) is 0 Å². The van der Waals surface area contributed by atoms with Crippen LogP contribution in [-0.4, -0.2) is 20.8 Å². The normalized spacial score (nSPS) is 11.9. The van der Waals surface area contributed by atoms with Gasteiger partial charge < -0.3 is 31.3 Å². The summed E-state index contributed by atoms with van der Waals surface area (Å²) in [7, 11) is 0. The van der Waals surface area contributed by atoms with Gasteiger partial charge in [-0.15, -0.1) is 10.5 Å². The van der Waals surface area contributed by atoms with E-state index in [0.29, 0.717) is 11.1 Å². The molecule has 14 heteroatoms. The highest BCUT2D eigenvalue weighted by Gasteiger charge is 2.13. The van der Waals surface area contributed by atoms with E-state index in [1.165, 1.54) is 24.3 Å². The van der Waals surface area contributed by atoms with Crippen LogP contribution in [0.1, 0.15) is 22.3 Å². The van der Waals surface area contributed by atoms with Crippen molar-refractivity contribution in [2.75, 3.05) is 20.9 Å². The highest BCUT2D eigenvalue weighted by Crippen LogP contribution is 2.35. The van der Waals surface area contributed by atoms with Crippen molar-refractivity contribution < 1.29 is 20.8 Å². The molecule has 0 aliphatic rings. The van der Waals surface area contributed by atoms with Crippen LogP contribution in [0.3, 0.4) is 0 Å². The standard InChI is InChI=1S/C22H16Cl2N4O8/c23-19(17-6-4-15(25(29)30)11-21(17)27(33)34)9-13-2-1-3-14(8-13)10-20(24)18-7-5-16(26(31)32)12-22(18)28(35)36/h1-12,33-36H/q-4. The Morgan fingerprint density at radius 2 is 1.00 bits per heavy atom. The summed E-state index contributed by atoms with van der Waals surface area (Å²) in [6, 6.07) is 13.4. The fourth-order valence-corrected chi connectivity index (χ4v) is 3.76. The van der Waals surface area contributed by atoms with Crippen LogP contribution < -0.4 is 20.9 Å². The maximum absolute atomic E-state index is 11.0. The summed E-state index contributed by atoms with van der Waals surface area (Å²) in [5, 5.41) is 79.9. The van der Waals surface area contributed by atoms with Gasteiger partial charge in [-0.3, -0.25) is 20.8 Å². The molecule has 0 bridgehead atoms. The van der Waals surface area contributed by atoms with Crippen LogP contribution in [0.2, 0.25) is 0 Å². The lowest BCUT2D eigenvalue weighted by Gasteiger charge is -2.38. The largest absolute Gasteiger partial charge is 0.769 e. The van der Waals surface area contributed by atoms with Gasteiger partial charge in [-0.05, 0) is 65.7 Å². The Balaban J connectivity index is 1.97. The number of rotatable bonds is 8. The smallest absolute Gasteiger partial charge is 0.105 e. The predicted octanol–water partition coefficient (Wildman–Crippen LogP) is 5.93. The minimum absolute atomic E-state index is 0.0362. The van der Waals surface area contributed by atoms with Gasteiger partial charge in [-0.25, -0.2) is 0 Å². The predicted molar refractivity (Wildman–Crippen MR) is 137 cm³/mol. The van der Waals surface area contributed by atoms with Crippen LogP contribution in [0.15, 0.2) is 60.7 Å². The molecule has 36 heavy (non-hydrogen) atoms. The average molecular weight is 535 g/mol. The lowest BCUT2D eigenvalue weighted by molar-refractivity contribution is 0.0284. The van der Waals surface area contributed by atoms with E-state index in [4.69, 9.17) is 23.2 Å². The van der Waals surface area contributed by atoms with Crippen LogP contribution in [0.4, 0.5) is 22.7 Å². The first-order chi connectivity index (χ1) is 17.0. The number of benzene rings is 3. The molecular weight excluding hydrogens is 519 g/mol. The quantitative estimate of drug-likeness (QED) is 0.197. The molecule has 0 atom stereocenters. The van der Waals surface area contributed by atoms with Crippen LogP contribution in [0, 0.1) is 20.8 Å². The fraction of sp³-hybridized carbons (Fsp3) is 0. The SMILES string of the molecule is [O-]N([O-])c1ccc(C(Cl)=Cc2cccc(C=C(Cl)c3ccc(N([O-])[O-])cc3N(O)O)c2)c(N(O)O)c1. The molecule has 3 rings (SSSR count). The van der Waals surface area contributed by atoms with Gasteiger partial charge in [0.05, 0.1) is 10.1 Å². The first-order valence-corrected chi connectivity index (χ1v) is 10.5. The number of hydrogen-bond acceptors (Lipinski definition) is 12. The summed E-state index contributed by atoms with van der Waals surface area (Å²) in [5.74, 6) is 0. The molecule has 3 aromatic carbocycles. The summed E-state index contributed by atoms with van der Waals surface area (Å²) in [5.41, 5.74) is -0.0770. The first-order valence-electron chi connectivity index (χ1n) is 9.75. The van der Waals surface area contributed by atoms with Crippen molar-refractivity contribution in [3.8, 4) is 0 Å². The number of nitrogens with zero attached hydrogens (tertiary/aromatic N) is 4. The summed E-state index contributed by atoms with van der Waals surface area (Å²) >= 11 is 12.7. The molecule has 0 saturated carbocycles. The maximum Gasteiger partial charge on any atom is 0.105 e. The van der Waals surface area contributed by atoms with E-state index in [-0.39, 0.29) is 54.4 Å². The van der Waals surface area contributed by atoms with E-state index in [0.717, 1.165) is 24.3 Å². The van der Waals surface area contributed by atoms with Gasteiger partial charge >= 0.3 is 0 Å². The van der Waals surface area contributed by atoms with E-state index in [9.17, 15) is 41.7 Å². The van der Waals surface area contributed by atoms with E-state index in [2.05, 4.69) is 0 Å². The lowest BCUT2D eigenvalue weighted by Crippen LogP contribution is -2.14. The highest BCUT2D eigenvalue weighted by atomic mass is 35.5. The zero-order chi connectivity index (χ0) is 26.6. The molecule has 0 aromatic heterocycles. The molecule has 0 radical (unpaired) electrons. The van der Waals surface area contributed by atoms with Crippen LogP contribution >= 0.6 is 23.2 Å². The molecule has 0 heterocycles. The van der Waals surface area contributed by atoms with Crippen LogP contribution in [-0.2, 0) is 0 Å². The van der Waals surface area contributed by atoms with Gasteiger partial charge in [0.25, 0.3) is 0 Å². The molecule has 0 unspecified atom stereocenters. The Morgan fingerprint density at radius 1 is 0.611 bits per heavy atom. The third kappa shape index (κ3) is 6.42. The van der Waals surface area contributed by atoms with Gasteiger partial charge in [0, 0.05) is 22.5 Å². The second kappa shape index (κ2) is 11.6. The van der Waals surface area contributed by atoms with E-state index in [1.807, 2.05) is 0 Å². The molecule has 4 N–H and O–H groups in total. The Hall–Kier alpha value is -3.40. The van der Waals surface area contributed by atoms with Crippen molar-refractivity contribution in [3.63, 3.8) is 0 Å². The zero-order valence-electron chi connectivity index (χ0n) is 17.9. The number of halogens is 2. The minimum Gasteiger partial charge on any atom is -0.769 e.